The van der Waals surface area contributed by atoms with E-state index in [0.717, 1.165) is 17.5 Å². The number of nitrogens with two attached hydrogens (primary N) is 1. The van der Waals surface area contributed by atoms with Gasteiger partial charge in [0, 0.05) is 18.2 Å². The van der Waals surface area contributed by atoms with Gasteiger partial charge in [-0.05, 0) is 36.6 Å². The van der Waals surface area contributed by atoms with E-state index in [1.807, 2.05) is 25.1 Å². The van der Waals surface area contributed by atoms with Crippen molar-refractivity contribution in [1.82, 2.24) is 5.32 Å². The summed E-state index contributed by atoms with van der Waals surface area (Å²) in [5.74, 6) is -0.0930. The van der Waals surface area contributed by atoms with Crippen molar-refractivity contribution in [3.05, 3.63) is 34.9 Å². The largest absolute Gasteiger partial charge is 0.376 e. The van der Waals surface area contributed by atoms with E-state index >= 15 is 0 Å². The molecule has 3 unspecified atom stereocenters. The highest BCUT2D eigenvalue weighted by Crippen LogP contribution is 2.24. The summed E-state index contributed by atoms with van der Waals surface area (Å²) in [6.45, 7) is 3.81. The van der Waals surface area contributed by atoms with E-state index in [2.05, 4.69) is 5.32 Å². The Morgan fingerprint density at radius 3 is 3.00 bits per heavy atom. The molecule has 5 heteroatoms. The zero-order chi connectivity index (χ0) is 14.1. The fraction of sp³-hybridized carbons (Fsp3) is 0.533. The summed E-state index contributed by atoms with van der Waals surface area (Å²) in [7, 11) is 0. The molecule has 0 spiro atoms. The van der Waals surface area contributed by atoms with Crippen molar-refractivity contribution < 1.29 is 14.3 Å². The fourth-order valence-electron chi connectivity index (χ4n) is 2.78. The van der Waals surface area contributed by atoms with Gasteiger partial charge in [0.15, 0.2) is 0 Å². The predicted molar refractivity (Wildman–Crippen MR) is 74.2 cm³/mol. The van der Waals surface area contributed by atoms with Crippen molar-refractivity contribution >= 4 is 5.91 Å². The molecule has 20 heavy (non-hydrogen) atoms. The van der Waals surface area contributed by atoms with Gasteiger partial charge in [0.1, 0.15) is 0 Å². The summed E-state index contributed by atoms with van der Waals surface area (Å²) in [6, 6.07) is 5.58. The number of benzene rings is 1. The molecule has 3 rings (SSSR count). The first-order valence-electron chi connectivity index (χ1n) is 7.06. The number of hydrogen-bond acceptors (Lipinski definition) is 4. The van der Waals surface area contributed by atoms with E-state index in [0.29, 0.717) is 25.4 Å². The molecular formula is C15H20N2O3. The first kappa shape index (κ1) is 13.5. The molecule has 3 atom stereocenters. The molecule has 3 N–H and O–H groups in total. The highest BCUT2D eigenvalue weighted by Gasteiger charge is 2.40. The van der Waals surface area contributed by atoms with Crippen LogP contribution in [0.15, 0.2) is 18.2 Å². The van der Waals surface area contributed by atoms with Gasteiger partial charge in [-0.25, -0.2) is 0 Å². The van der Waals surface area contributed by atoms with Crippen LogP contribution in [0.1, 0.15) is 34.8 Å². The lowest BCUT2D eigenvalue weighted by Gasteiger charge is -2.42. The molecule has 1 heterocycles. The van der Waals surface area contributed by atoms with Gasteiger partial charge >= 0.3 is 0 Å². The van der Waals surface area contributed by atoms with Crippen LogP contribution in [0.25, 0.3) is 0 Å². The Bertz CT molecular complexity index is 516. The summed E-state index contributed by atoms with van der Waals surface area (Å²) in [4.78, 5) is 12.3. The number of ether oxygens (including phenoxy) is 2. The first-order valence-corrected chi connectivity index (χ1v) is 7.06. The molecule has 0 saturated heterocycles. The molecule has 1 aromatic rings. The van der Waals surface area contributed by atoms with Crippen LogP contribution in [-0.2, 0) is 22.7 Å². The van der Waals surface area contributed by atoms with E-state index in [4.69, 9.17) is 15.2 Å². The molecule has 1 aromatic carbocycles. The van der Waals surface area contributed by atoms with E-state index in [1.165, 1.54) is 0 Å². The van der Waals surface area contributed by atoms with E-state index in [9.17, 15) is 4.79 Å². The maximum absolute atomic E-state index is 12.3. The molecule has 0 bridgehead atoms. The second kappa shape index (κ2) is 5.52. The van der Waals surface area contributed by atoms with Crippen LogP contribution in [0.3, 0.4) is 0 Å². The third-order valence-electron chi connectivity index (χ3n) is 4.03. The molecule has 2 aliphatic rings. The van der Waals surface area contributed by atoms with Gasteiger partial charge in [0.2, 0.25) is 0 Å². The summed E-state index contributed by atoms with van der Waals surface area (Å²) in [6.07, 6.45) is 0.841. The average Bonchev–Trinajstić information content (AvgIpc) is 2.91. The van der Waals surface area contributed by atoms with Gasteiger partial charge in [-0.1, -0.05) is 6.07 Å². The highest BCUT2D eigenvalue weighted by molar-refractivity contribution is 5.94. The van der Waals surface area contributed by atoms with Crippen molar-refractivity contribution in [3.63, 3.8) is 0 Å². The molecule has 0 radical (unpaired) electrons. The third-order valence-corrected chi connectivity index (χ3v) is 4.03. The Morgan fingerprint density at radius 2 is 2.25 bits per heavy atom. The molecular weight excluding hydrogens is 256 g/mol. The molecule has 0 aromatic heterocycles. The van der Waals surface area contributed by atoms with Crippen LogP contribution in [-0.4, -0.2) is 30.7 Å². The minimum Gasteiger partial charge on any atom is -0.376 e. The molecule has 5 nitrogen and oxygen atoms in total. The van der Waals surface area contributed by atoms with E-state index in [1.54, 1.807) is 0 Å². The number of rotatable bonds is 4. The molecule has 1 saturated carbocycles. The standard InChI is InChI=1S/C15H20N2O3/c1-2-20-13-6-12(16)14(13)17-15(18)9-3-4-10-7-19-8-11(10)5-9/h3-5,12-14H,2,6-8,16H2,1H3,(H,17,18). The first-order chi connectivity index (χ1) is 9.69. The zero-order valence-electron chi connectivity index (χ0n) is 11.6. The summed E-state index contributed by atoms with van der Waals surface area (Å²) < 4.78 is 10.9. The topological polar surface area (TPSA) is 73.6 Å². The summed E-state index contributed by atoms with van der Waals surface area (Å²) in [5, 5.41) is 2.98. The van der Waals surface area contributed by atoms with Gasteiger partial charge < -0.3 is 20.5 Å². The smallest absolute Gasteiger partial charge is 0.251 e. The van der Waals surface area contributed by atoms with Gasteiger partial charge in [0.25, 0.3) is 5.91 Å². The number of carbonyl (C=O) groups is 1. The Kier molecular flexibility index (Phi) is 3.74. The minimum absolute atomic E-state index is 0.0201. The number of hydrogen-bond donors (Lipinski definition) is 2. The monoisotopic (exact) mass is 276 g/mol. The molecule has 1 aliphatic heterocycles. The van der Waals surface area contributed by atoms with Crippen molar-refractivity contribution in [2.45, 2.75) is 44.7 Å². The SMILES string of the molecule is CCOC1CC(N)C1NC(=O)c1ccc2c(c1)COC2. The van der Waals surface area contributed by atoms with Crippen LogP contribution in [0.2, 0.25) is 0 Å². The van der Waals surface area contributed by atoms with Crippen molar-refractivity contribution in [2.75, 3.05) is 6.61 Å². The third kappa shape index (κ3) is 2.44. The maximum Gasteiger partial charge on any atom is 0.251 e. The van der Waals surface area contributed by atoms with E-state index < -0.39 is 0 Å². The summed E-state index contributed by atoms with van der Waals surface area (Å²) >= 11 is 0. The number of carbonyl (C=O) groups excluding carboxylic acids is 1. The Hall–Kier alpha value is -1.43. The molecule has 108 valence electrons. The van der Waals surface area contributed by atoms with Crippen LogP contribution in [0.4, 0.5) is 0 Å². The van der Waals surface area contributed by atoms with Gasteiger partial charge in [0.05, 0.1) is 25.4 Å². The van der Waals surface area contributed by atoms with Crippen LogP contribution >= 0.6 is 0 Å². The van der Waals surface area contributed by atoms with Gasteiger partial charge in [-0.3, -0.25) is 4.79 Å². The Balaban J connectivity index is 1.67. The average molecular weight is 276 g/mol. The molecule has 1 aliphatic carbocycles. The number of nitrogens with one attached hydrogen (secondary N) is 1. The van der Waals surface area contributed by atoms with Crippen LogP contribution < -0.4 is 11.1 Å². The normalized spacial score (nSPS) is 27.8. The lowest BCUT2D eigenvalue weighted by atomic mass is 9.83. The predicted octanol–water partition coefficient (Wildman–Crippen LogP) is 0.951. The number of fused-ring (bicyclic) bond motifs is 1. The lowest BCUT2D eigenvalue weighted by molar-refractivity contribution is -0.0300. The van der Waals surface area contributed by atoms with Crippen molar-refractivity contribution in [1.29, 1.82) is 0 Å². The lowest BCUT2D eigenvalue weighted by Crippen LogP contribution is -2.64. The zero-order valence-corrected chi connectivity index (χ0v) is 11.6. The minimum atomic E-state index is -0.0930. The van der Waals surface area contributed by atoms with Crippen LogP contribution in [0.5, 0.6) is 0 Å². The number of amides is 1. The van der Waals surface area contributed by atoms with E-state index in [-0.39, 0.29) is 24.1 Å². The van der Waals surface area contributed by atoms with Crippen molar-refractivity contribution in [3.8, 4) is 0 Å². The van der Waals surface area contributed by atoms with Gasteiger partial charge in [-0.15, -0.1) is 0 Å². The molecule has 1 amide bonds. The quantitative estimate of drug-likeness (QED) is 0.859. The second-order valence-electron chi connectivity index (χ2n) is 5.37. The second-order valence-corrected chi connectivity index (χ2v) is 5.37. The Labute approximate surface area is 118 Å². The van der Waals surface area contributed by atoms with Gasteiger partial charge in [-0.2, -0.15) is 0 Å². The maximum atomic E-state index is 12.3. The highest BCUT2D eigenvalue weighted by atomic mass is 16.5. The van der Waals surface area contributed by atoms with Crippen LogP contribution in [0, 0.1) is 0 Å². The molecule has 1 fully saturated rings. The van der Waals surface area contributed by atoms with Crippen molar-refractivity contribution in [2.24, 2.45) is 5.73 Å². The summed E-state index contributed by atoms with van der Waals surface area (Å²) in [5.41, 5.74) is 8.86. The fourth-order valence-corrected chi connectivity index (χ4v) is 2.78. The Morgan fingerprint density at radius 1 is 1.45 bits per heavy atom.